The predicted octanol–water partition coefficient (Wildman–Crippen LogP) is -3.51. The average molecular weight is 403 g/mol. The summed E-state index contributed by atoms with van der Waals surface area (Å²) in [7, 11) is 0. The monoisotopic (exact) mass is 403 g/mol. The van der Waals surface area contributed by atoms with Gasteiger partial charge in [-0.1, -0.05) is 13.8 Å². The molecule has 28 heavy (non-hydrogen) atoms. The normalized spacial score (nSPS) is 13.7. The molecule has 0 rings (SSSR count). The van der Waals surface area contributed by atoms with Crippen LogP contribution in [-0.4, -0.2) is 70.5 Å². The van der Waals surface area contributed by atoms with Crippen LogP contribution >= 0.6 is 0 Å². The van der Waals surface area contributed by atoms with Gasteiger partial charge in [-0.3, -0.25) is 28.8 Å². The first-order valence-electron chi connectivity index (χ1n) is 8.21. The van der Waals surface area contributed by atoms with Gasteiger partial charge in [-0.25, -0.2) is 0 Å². The molecule has 3 atom stereocenters. The molecule has 9 N–H and O–H groups in total. The third-order valence-corrected chi connectivity index (χ3v) is 3.43. The number of carboxylic acid groups (broad SMARTS) is 2. The molecule has 0 aromatic heterocycles. The Kier molecular flexibility index (Phi) is 10.2. The highest BCUT2D eigenvalue weighted by atomic mass is 16.4. The smallest absolute Gasteiger partial charge is 0.322 e. The summed E-state index contributed by atoms with van der Waals surface area (Å²) in [6.07, 6.45) is -1.26. The fourth-order valence-corrected chi connectivity index (χ4v) is 2.03. The summed E-state index contributed by atoms with van der Waals surface area (Å²) in [6.45, 7) is 2.40. The number of carboxylic acids is 2. The highest BCUT2D eigenvalue weighted by molar-refractivity contribution is 5.96. The lowest BCUT2D eigenvalue weighted by molar-refractivity contribution is -0.140. The Morgan fingerprint density at radius 3 is 1.86 bits per heavy atom. The average Bonchev–Trinajstić information content (AvgIpc) is 2.54. The quantitative estimate of drug-likeness (QED) is 0.171. The van der Waals surface area contributed by atoms with Crippen LogP contribution in [0.25, 0.3) is 0 Å². The first-order chi connectivity index (χ1) is 12.8. The fraction of sp³-hybridized carbons (Fsp3) is 0.600. The van der Waals surface area contributed by atoms with E-state index in [0.29, 0.717) is 0 Å². The van der Waals surface area contributed by atoms with Crippen molar-refractivity contribution in [3.63, 3.8) is 0 Å². The molecule has 0 saturated heterocycles. The third-order valence-electron chi connectivity index (χ3n) is 3.43. The molecule has 158 valence electrons. The third kappa shape index (κ3) is 9.47. The Labute approximate surface area is 160 Å². The molecule has 0 aliphatic carbocycles. The first kappa shape index (κ1) is 24.8. The van der Waals surface area contributed by atoms with Crippen LogP contribution in [0.2, 0.25) is 0 Å². The van der Waals surface area contributed by atoms with Crippen molar-refractivity contribution in [3.8, 4) is 0 Å². The lowest BCUT2D eigenvalue weighted by atomic mass is 10.0. The molecular formula is C15H25N5O8. The summed E-state index contributed by atoms with van der Waals surface area (Å²) in [5.74, 6) is -6.75. The van der Waals surface area contributed by atoms with E-state index in [1.807, 2.05) is 5.32 Å². The zero-order valence-electron chi connectivity index (χ0n) is 15.4. The van der Waals surface area contributed by atoms with Crippen LogP contribution in [-0.2, 0) is 28.8 Å². The Morgan fingerprint density at radius 1 is 0.857 bits per heavy atom. The van der Waals surface area contributed by atoms with Crippen LogP contribution in [0.3, 0.4) is 0 Å². The maximum absolute atomic E-state index is 12.5. The van der Waals surface area contributed by atoms with Gasteiger partial charge in [0.2, 0.25) is 23.6 Å². The Hall–Kier alpha value is -3.22. The van der Waals surface area contributed by atoms with E-state index in [1.165, 1.54) is 0 Å². The van der Waals surface area contributed by atoms with Gasteiger partial charge in [0, 0.05) is 0 Å². The van der Waals surface area contributed by atoms with E-state index in [1.54, 1.807) is 13.8 Å². The summed E-state index contributed by atoms with van der Waals surface area (Å²) < 4.78 is 0. The van der Waals surface area contributed by atoms with Gasteiger partial charge in [0.1, 0.15) is 18.6 Å². The second kappa shape index (κ2) is 11.5. The standard InChI is InChI=1S/C15H25N5O8/c1-6(2)12(20-13(26)7(16)3-10(22)23)15(28)19-8(4-9(17)21)14(27)18-5-11(24)25/h6-8,12H,3-5,16H2,1-2H3,(H2,17,21)(H,18,27)(H,19,28)(H,20,26)(H,22,23)(H,24,25). The van der Waals surface area contributed by atoms with Crippen molar-refractivity contribution in [2.75, 3.05) is 6.54 Å². The molecule has 13 heteroatoms. The Balaban J connectivity index is 5.20. The largest absolute Gasteiger partial charge is 0.481 e. The number of rotatable bonds is 12. The SMILES string of the molecule is CC(C)C(NC(=O)C(N)CC(=O)O)C(=O)NC(CC(N)=O)C(=O)NCC(=O)O. The number of primary amides is 1. The van der Waals surface area contributed by atoms with Gasteiger partial charge >= 0.3 is 11.9 Å². The first-order valence-corrected chi connectivity index (χ1v) is 8.21. The van der Waals surface area contributed by atoms with Crippen LogP contribution in [0.1, 0.15) is 26.7 Å². The van der Waals surface area contributed by atoms with Gasteiger partial charge < -0.3 is 37.6 Å². The van der Waals surface area contributed by atoms with E-state index < -0.39 is 79.0 Å². The van der Waals surface area contributed by atoms with Crippen molar-refractivity contribution < 1.29 is 39.0 Å². The van der Waals surface area contributed by atoms with Crippen LogP contribution < -0.4 is 27.4 Å². The van der Waals surface area contributed by atoms with E-state index in [0.717, 1.165) is 0 Å². The molecule has 0 spiro atoms. The minimum absolute atomic E-state index is 0.489. The lowest BCUT2D eigenvalue weighted by Crippen LogP contribution is -2.58. The van der Waals surface area contributed by atoms with Crippen molar-refractivity contribution in [2.24, 2.45) is 17.4 Å². The number of hydrogen-bond acceptors (Lipinski definition) is 7. The van der Waals surface area contributed by atoms with Gasteiger partial charge in [-0.05, 0) is 5.92 Å². The topological polar surface area (TPSA) is 231 Å². The highest BCUT2D eigenvalue weighted by Gasteiger charge is 2.31. The number of amides is 4. The molecule has 13 nitrogen and oxygen atoms in total. The lowest BCUT2D eigenvalue weighted by Gasteiger charge is -2.25. The van der Waals surface area contributed by atoms with Gasteiger partial charge in [0.05, 0.1) is 18.9 Å². The number of hydrogen-bond donors (Lipinski definition) is 7. The number of aliphatic carboxylic acids is 2. The molecule has 3 unspecified atom stereocenters. The highest BCUT2D eigenvalue weighted by Crippen LogP contribution is 2.05. The summed E-state index contributed by atoms with van der Waals surface area (Å²) in [6, 6.07) is -4.06. The molecule has 0 fully saturated rings. The van der Waals surface area contributed by atoms with E-state index in [4.69, 9.17) is 21.7 Å². The molecule has 0 aromatic rings. The van der Waals surface area contributed by atoms with E-state index in [9.17, 15) is 28.8 Å². The number of carbonyl (C=O) groups is 6. The Morgan fingerprint density at radius 2 is 1.43 bits per heavy atom. The van der Waals surface area contributed by atoms with Crippen LogP contribution in [0, 0.1) is 5.92 Å². The predicted molar refractivity (Wildman–Crippen MR) is 93.4 cm³/mol. The molecule has 4 amide bonds. The molecule has 0 bridgehead atoms. The maximum Gasteiger partial charge on any atom is 0.322 e. The van der Waals surface area contributed by atoms with E-state index in [2.05, 4.69) is 10.6 Å². The second-order valence-electron chi connectivity index (χ2n) is 6.28. The minimum Gasteiger partial charge on any atom is -0.481 e. The molecule has 0 saturated carbocycles. The zero-order valence-corrected chi connectivity index (χ0v) is 15.4. The fourth-order valence-electron chi connectivity index (χ4n) is 2.03. The van der Waals surface area contributed by atoms with Crippen molar-refractivity contribution >= 4 is 35.6 Å². The Bertz CT molecular complexity index is 636. The van der Waals surface area contributed by atoms with Crippen LogP contribution in [0.15, 0.2) is 0 Å². The summed E-state index contributed by atoms with van der Waals surface area (Å²) in [4.78, 5) is 68.7. The maximum atomic E-state index is 12.5. The van der Waals surface area contributed by atoms with E-state index in [-0.39, 0.29) is 0 Å². The van der Waals surface area contributed by atoms with Gasteiger partial charge in [-0.15, -0.1) is 0 Å². The van der Waals surface area contributed by atoms with Crippen LogP contribution in [0.4, 0.5) is 0 Å². The van der Waals surface area contributed by atoms with Crippen LogP contribution in [0.5, 0.6) is 0 Å². The van der Waals surface area contributed by atoms with Crippen molar-refractivity contribution in [3.05, 3.63) is 0 Å². The molecule has 0 heterocycles. The van der Waals surface area contributed by atoms with Crippen molar-refractivity contribution in [2.45, 2.75) is 44.8 Å². The zero-order chi connectivity index (χ0) is 22.0. The number of nitrogens with one attached hydrogen (secondary N) is 3. The van der Waals surface area contributed by atoms with Crippen molar-refractivity contribution in [1.82, 2.24) is 16.0 Å². The van der Waals surface area contributed by atoms with Crippen molar-refractivity contribution in [1.29, 1.82) is 0 Å². The second-order valence-corrected chi connectivity index (χ2v) is 6.28. The molecule has 0 aromatic carbocycles. The van der Waals surface area contributed by atoms with E-state index >= 15 is 0 Å². The number of carbonyl (C=O) groups excluding carboxylic acids is 4. The molecule has 0 aliphatic rings. The summed E-state index contributed by atoms with van der Waals surface area (Å²) >= 11 is 0. The molecule has 0 radical (unpaired) electrons. The van der Waals surface area contributed by atoms with Gasteiger partial charge in [-0.2, -0.15) is 0 Å². The molecule has 0 aliphatic heterocycles. The molecular weight excluding hydrogens is 378 g/mol. The summed E-state index contributed by atoms with van der Waals surface area (Å²) in [5, 5.41) is 23.8. The summed E-state index contributed by atoms with van der Waals surface area (Å²) in [5.41, 5.74) is 10.5. The van der Waals surface area contributed by atoms with Gasteiger partial charge in [0.25, 0.3) is 0 Å². The number of nitrogens with two attached hydrogens (primary N) is 2. The van der Waals surface area contributed by atoms with Gasteiger partial charge in [0.15, 0.2) is 0 Å². The minimum atomic E-state index is -1.46.